The zero-order valence-corrected chi connectivity index (χ0v) is 8.05. The molecule has 0 radical (unpaired) electrons. The maximum absolute atomic E-state index is 8.67. The first-order valence-corrected chi connectivity index (χ1v) is 4.71. The molecule has 0 heterocycles. The lowest BCUT2D eigenvalue weighted by atomic mass is 10.5. The van der Waals surface area contributed by atoms with Crippen LogP contribution in [0.1, 0.15) is 13.3 Å². The van der Waals surface area contributed by atoms with E-state index in [2.05, 4.69) is 13.5 Å². The van der Waals surface area contributed by atoms with E-state index in [1.54, 1.807) is 0 Å². The highest BCUT2D eigenvalue weighted by molar-refractivity contribution is 7.73. The highest BCUT2D eigenvalue weighted by atomic mass is 32.2. The second-order valence-electron chi connectivity index (χ2n) is 1.16. The fraction of sp³-hybridized carbons (Fsp3) is 0.500. The van der Waals surface area contributed by atoms with Crippen molar-refractivity contribution in [1.82, 2.24) is 0 Å². The Morgan fingerprint density at radius 3 is 1.25 bits per heavy atom. The van der Waals surface area contributed by atoms with Crippen LogP contribution in [0.5, 0.6) is 0 Å². The second kappa shape index (κ2) is 17.1. The Bertz CT molecular complexity index is 116. The standard InChI is InChI=1S/C4H8.2H2O3S/c1-3-4-2;2*1-4(2)3/h3H,1,4H2,2H3;2*(H2,1,2,3). The molecule has 0 aliphatic carbocycles. The van der Waals surface area contributed by atoms with Crippen LogP contribution in [0, 0.1) is 0 Å². The monoisotopic (exact) mass is 220 g/mol. The molecular weight excluding hydrogens is 208 g/mol. The third kappa shape index (κ3) is 1010. The van der Waals surface area contributed by atoms with Crippen LogP contribution in [0.2, 0.25) is 0 Å². The van der Waals surface area contributed by atoms with Crippen LogP contribution in [0.3, 0.4) is 0 Å². The lowest BCUT2D eigenvalue weighted by molar-refractivity contribution is 0.452. The molecule has 0 atom stereocenters. The van der Waals surface area contributed by atoms with Gasteiger partial charge >= 0.3 is 0 Å². The summed E-state index contributed by atoms with van der Waals surface area (Å²) in [5, 5.41) is 0. The van der Waals surface area contributed by atoms with E-state index in [4.69, 9.17) is 26.6 Å². The lowest BCUT2D eigenvalue weighted by Crippen LogP contribution is -1.74. The van der Waals surface area contributed by atoms with Crippen LogP contribution in [-0.2, 0) is 22.7 Å². The minimum atomic E-state index is -2.61. The molecule has 0 spiro atoms. The molecule has 76 valence electrons. The third-order valence-corrected chi connectivity index (χ3v) is 0.289. The molecule has 12 heavy (non-hydrogen) atoms. The summed E-state index contributed by atoms with van der Waals surface area (Å²) in [6.07, 6.45) is 2.96. The summed E-state index contributed by atoms with van der Waals surface area (Å²) in [5.74, 6) is 0. The van der Waals surface area contributed by atoms with Crippen LogP contribution in [-0.4, -0.2) is 26.6 Å². The lowest BCUT2D eigenvalue weighted by Gasteiger charge is -1.59. The first-order chi connectivity index (χ1) is 5.38. The quantitative estimate of drug-likeness (QED) is 0.386. The van der Waals surface area contributed by atoms with Gasteiger partial charge in [0.05, 0.1) is 0 Å². The predicted octanol–water partition coefficient (Wildman–Crippen LogP) is 0.945. The highest BCUT2D eigenvalue weighted by Gasteiger charge is 1.63. The van der Waals surface area contributed by atoms with Crippen LogP contribution in [0.15, 0.2) is 12.7 Å². The van der Waals surface area contributed by atoms with Crippen molar-refractivity contribution in [1.29, 1.82) is 0 Å². The first-order valence-electron chi connectivity index (χ1n) is 2.59. The van der Waals surface area contributed by atoms with E-state index in [1.165, 1.54) is 0 Å². The summed E-state index contributed by atoms with van der Waals surface area (Å²) in [4.78, 5) is 0. The number of rotatable bonds is 1. The Kier molecular flexibility index (Phi) is 25.4. The van der Waals surface area contributed by atoms with Crippen molar-refractivity contribution in [2.75, 3.05) is 0 Å². The van der Waals surface area contributed by atoms with Gasteiger partial charge in [0.15, 0.2) is 0 Å². The van der Waals surface area contributed by atoms with Crippen molar-refractivity contribution in [3.63, 3.8) is 0 Å². The Hall–Kier alpha value is -0.120. The average molecular weight is 220 g/mol. The van der Waals surface area contributed by atoms with E-state index < -0.39 is 22.7 Å². The number of hydrogen-bond donors (Lipinski definition) is 4. The van der Waals surface area contributed by atoms with Crippen molar-refractivity contribution >= 4 is 22.7 Å². The third-order valence-electron chi connectivity index (χ3n) is 0.289. The molecule has 0 amide bonds. The van der Waals surface area contributed by atoms with Crippen molar-refractivity contribution in [2.24, 2.45) is 0 Å². The molecule has 8 heteroatoms. The zero-order valence-electron chi connectivity index (χ0n) is 6.41. The molecule has 0 aromatic rings. The van der Waals surface area contributed by atoms with E-state index in [9.17, 15) is 0 Å². The molecule has 0 bridgehead atoms. The molecule has 0 saturated carbocycles. The Labute approximate surface area is 75.9 Å². The minimum absolute atomic E-state index is 1.08. The maximum Gasteiger partial charge on any atom is 0.299 e. The predicted molar refractivity (Wildman–Crippen MR) is 47.3 cm³/mol. The van der Waals surface area contributed by atoms with Gasteiger partial charge < -0.3 is 0 Å². The fourth-order valence-electron chi connectivity index (χ4n) is 0. The largest absolute Gasteiger partial charge is 0.299 e. The fourth-order valence-corrected chi connectivity index (χ4v) is 0. The van der Waals surface area contributed by atoms with Crippen molar-refractivity contribution in [3.05, 3.63) is 12.7 Å². The SMILES string of the molecule is C=CCC.O=S(O)O.O=S(O)O. The van der Waals surface area contributed by atoms with Gasteiger partial charge in [-0.25, -0.2) is 0 Å². The molecule has 0 saturated heterocycles. The summed E-state index contributed by atoms with van der Waals surface area (Å²) in [6.45, 7) is 5.54. The van der Waals surface area contributed by atoms with Crippen LogP contribution >= 0.6 is 0 Å². The van der Waals surface area contributed by atoms with Gasteiger partial charge in [-0.1, -0.05) is 13.0 Å². The average Bonchev–Trinajstić information content (AvgIpc) is 1.85. The van der Waals surface area contributed by atoms with E-state index in [0.717, 1.165) is 6.42 Å². The Balaban J connectivity index is -0.000000101. The molecule has 4 N–H and O–H groups in total. The topological polar surface area (TPSA) is 115 Å². The van der Waals surface area contributed by atoms with Crippen molar-refractivity contribution in [3.8, 4) is 0 Å². The molecule has 0 aliphatic heterocycles. The Morgan fingerprint density at radius 1 is 1.17 bits per heavy atom. The summed E-state index contributed by atoms with van der Waals surface area (Å²) < 4.78 is 45.7. The molecule has 0 rings (SSSR count). The molecule has 0 aromatic heterocycles. The summed E-state index contributed by atoms with van der Waals surface area (Å²) in [6, 6.07) is 0. The number of allylic oxidation sites excluding steroid dienone is 1. The van der Waals surface area contributed by atoms with Crippen LogP contribution in [0.4, 0.5) is 0 Å². The molecule has 0 unspecified atom stereocenters. The van der Waals surface area contributed by atoms with Gasteiger partial charge in [0, 0.05) is 0 Å². The normalized spacial score (nSPS) is 7.92. The molecular formula is C4H12O6S2. The second-order valence-corrected chi connectivity index (χ2v) is 2.08. The van der Waals surface area contributed by atoms with Gasteiger partial charge in [0.1, 0.15) is 0 Å². The van der Waals surface area contributed by atoms with Crippen LogP contribution in [0.25, 0.3) is 0 Å². The Morgan fingerprint density at radius 2 is 1.25 bits per heavy atom. The minimum Gasteiger partial charge on any atom is -0.284 e. The molecule has 0 aromatic carbocycles. The van der Waals surface area contributed by atoms with Crippen molar-refractivity contribution in [2.45, 2.75) is 13.3 Å². The van der Waals surface area contributed by atoms with Gasteiger partial charge in [0.2, 0.25) is 0 Å². The zero-order chi connectivity index (χ0) is 10.6. The van der Waals surface area contributed by atoms with E-state index in [-0.39, 0.29) is 0 Å². The smallest absolute Gasteiger partial charge is 0.284 e. The van der Waals surface area contributed by atoms with Gasteiger partial charge in [0.25, 0.3) is 22.7 Å². The van der Waals surface area contributed by atoms with E-state index in [1.807, 2.05) is 6.08 Å². The summed E-state index contributed by atoms with van der Waals surface area (Å²) in [7, 11) is 0. The maximum atomic E-state index is 8.67. The van der Waals surface area contributed by atoms with Gasteiger partial charge in [-0.2, -0.15) is 8.42 Å². The van der Waals surface area contributed by atoms with Crippen molar-refractivity contribution < 1.29 is 26.6 Å². The molecule has 0 fully saturated rings. The van der Waals surface area contributed by atoms with Crippen LogP contribution < -0.4 is 0 Å². The summed E-state index contributed by atoms with van der Waals surface area (Å²) in [5.41, 5.74) is 0. The van der Waals surface area contributed by atoms with Gasteiger partial charge in [-0.3, -0.25) is 18.2 Å². The summed E-state index contributed by atoms with van der Waals surface area (Å²) >= 11 is -5.22. The first kappa shape index (κ1) is 17.8. The molecule has 0 aliphatic rings. The van der Waals surface area contributed by atoms with Gasteiger partial charge in [-0.15, -0.1) is 6.58 Å². The van der Waals surface area contributed by atoms with Gasteiger partial charge in [-0.05, 0) is 6.42 Å². The molecule has 6 nitrogen and oxygen atoms in total. The van der Waals surface area contributed by atoms with E-state index >= 15 is 0 Å². The highest BCUT2D eigenvalue weighted by Crippen LogP contribution is 1.66. The van der Waals surface area contributed by atoms with E-state index in [0.29, 0.717) is 0 Å². The number of hydrogen-bond acceptors (Lipinski definition) is 2.